The number of nitrogens with zero attached hydrogens (tertiary/aromatic N) is 1. The van der Waals surface area contributed by atoms with Crippen LogP contribution in [0.25, 0.3) is 0 Å². The molecule has 0 atom stereocenters. The summed E-state index contributed by atoms with van der Waals surface area (Å²) in [5.74, 6) is 0.682. The molecule has 1 heterocycles. The van der Waals surface area contributed by atoms with E-state index >= 15 is 0 Å². The summed E-state index contributed by atoms with van der Waals surface area (Å²) in [6, 6.07) is 12.6. The highest BCUT2D eigenvalue weighted by Crippen LogP contribution is 2.30. The summed E-state index contributed by atoms with van der Waals surface area (Å²) in [6.45, 7) is 3.53. The predicted octanol–water partition coefficient (Wildman–Crippen LogP) is 2.72. The molecule has 3 rings (SSSR count). The van der Waals surface area contributed by atoms with Crippen molar-refractivity contribution in [2.24, 2.45) is 0 Å². The van der Waals surface area contributed by atoms with Crippen LogP contribution in [0.1, 0.15) is 11.1 Å². The summed E-state index contributed by atoms with van der Waals surface area (Å²) in [5, 5.41) is 3.26. The van der Waals surface area contributed by atoms with Gasteiger partial charge >= 0.3 is 0 Å². The number of aryl methyl sites for hydroxylation is 1. The van der Waals surface area contributed by atoms with Crippen molar-refractivity contribution in [1.82, 2.24) is 5.32 Å². The van der Waals surface area contributed by atoms with E-state index in [4.69, 9.17) is 4.74 Å². The molecule has 0 radical (unpaired) electrons. The minimum absolute atomic E-state index is 0. The SMILES string of the molecule is COc1ccc(S(=O)(=O)N2CCNCc3ccccc32)cc1C.Cl. The molecule has 0 unspecified atom stereocenters. The molecule has 2 aromatic rings. The fraction of sp³-hybridized carbons (Fsp3) is 0.294. The molecule has 24 heavy (non-hydrogen) atoms. The summed E-state index contributed by atoms with van der Waals surface area (Å²) >= 11 is 0. The van der Waals surface area contributed by atoms with Crippen molar-refractivity contribution in [3.8, 4) is 5.75 Å². The lowest BCUT2D eigenvalue weighted by Crippen LogP contribution is -2.34. The Morgan fingerprint density at radius 2 is 1.92 bits per heavy atom. The van der Waals surface area contributed by atoms with Gasteiger partial charge in [-0.05, 0) is 42.3 Å². The van der Waals surface area contributed by atoms with Gasteiger partial charge in [-0.25, -0.2) is 8.42 Å². The first-order chi connectivity index (χ1) is 11.0. The van der Waals surface area contributed by atoms with E-state index in [9.17, 15) is 8.42 Å². The van der Waals surface area contributed by atoms with Gasteiger partial charge in [0.1, 0.15) is 5.75 Å². The Morgan fingerprint density at radius 3 is 2.62 bits per heavy atom. The van der Waals surface area contributed by atoms with E-state index in [0.29, 0.717) is 25.4 Å². The highest BCUT2D eigenvalue weighted by molar-refractivity contribution is 7.92. The van der Waals surface area contributed by atoms with Crippen LogP contribution in [-0.2, 0) is 16.6 Å². The normalized spacial score (nSPS) is 14.3. The summed E-state index contributed by atoms with van der Waals surface area (Å²) in [7, 11) is -2.03. The fourth-order valence-corrected chi connectivity index (χ4v) is 4.40. The maximum absolute atomic E-state index is 13.1. The molecular formula is C17H21ClN2O3S. The summed E-state index contributed by atoms with van der Waals surface area (Å²) in [6.07, 6.45) is 0. The molecule has 1 N–H and O–H groups in total. The minimum Gasteiger partial charge on any atom is -0.496 e. The van der Waals surface area contributed by atoms with E-state index in [1.54, 1.807) is 25.3 Å². The Labute approximate surface area is 149 Å². The second-order valence-electron chi connectivity index (χ2n) is 5.51. The van der Waals surface area contributed by atoms with Gasteiger partial charge in [0.15, 0.2) is 0 Å². The van der Waals surface area contributed by atoms with E-state index in [1.807, 2.05) is 31.2 Å². The number of benzene rings is 2. The number of para-hydroxylation sites is 1. The number of anilines is 1. The van der Waals surface area contributed by atoms with Crippen LogP contribution < -0.4 is 14.4 Å². The summed E-state index contributed by atoms with van der Waals surface area (Å²) in [5.41, 5.74) is 2.53. The number of halogens is 1. The van der Waals surface area contributed by atoms with Crippen molar-refractivity contribution in [2.45, 2.75) is 18.4 Å². The number of hydrogen-bond acceptors (Lipinski definition) is 4. The van der Waals surface area contributed by atoms with Crippen LogP contribution in [0.3, 0.4) is 0 Å². The van der Waals surface area contributed by atoms with E-state index < -0.39 is 10.0 Å². The minimum atomic E-state index is -3.61. The molecule has 0 bridgehead atoms. The third-order valence-corrected chi connectivity index (χ3v) is 5.83. The molecule has 130 valence electrons. The number of nitrogens with one attached hydrogen (secondary N) is 1. The number of rotatable bonds is 3. The maximum Gasteiger partial charge on any atom is 0.264 e. The van der Waals surface area contributed by atoms with Gasteiger partial charge < -0.3 is 10.1 Å². The Kier molecular flexibility index (Phi) is 5.74. The van der Waals surface area contributed by atoms with Crippen LogP contribution in [0.15, 0.2) is 47.4 Å². The predicted molar refractivity (Wildman–Crippen MR) is 97.7 cm³/mol. The zero-order chi connectivity index (χ0) is 16.4. The van der Waals surface area contributed by atoms with E-state index in [2.05, 4.69) is 5.32 Å². The molecule has 7 heteroatoms. The molecule has 0 saturated carbocycles. The monoisotopic (exact) mass is 368 g/mol. The Hall–Kier alpha value is -1.76. The number of sulfonamides is 1. The second-order valence-corrected chi connectivity index (χ2v) is 7.38. The van der Waals surface area contributed by atoms with E-state index in [1.165, 1.54) is 4.31 Å². The first kappa shape index (κ1) is 18.6. The lowest BCUT2D eigenvalue weighted by Gasteiger charge is -2.24. The van der Waals surface area contributed by atoms with Crippen molar-refractivity contribution in [1.29, 1.82) is 0 Å². The van der Waals surface area contributed by atoms with Gasteiger partial charge in [-0.3, -0.25) is 4.31 Å². The molecular weight excluding hydrogens is 348 g/mol. The van der Waals surface area contributed by atoms with Gasteiger partial charge in [0.25, 0.3) is 10.0 Å². The number of methoxy groups -OCH3 is 1. The third kappa shape index (κ3) is 3.36. The first-order valence-electron chi connectivity index (χ1n) is 7.50. The lowest BCUT2D eigenvalue weighted by atomic mass is 10.2. The zero-order valence-corrected chi connectivity index (χ0v) is 15.3. The Balaban J connectivity index is 0.00000208. The van der Waals surface area contributed by atoms with Crippen LogP contribution in [0.2, 0.25) is 0 Å². The van der Waals surface area contributed by atoms with Crippen molar-refractivity contribution in [2.75, 3.05) is 24.5 Å². The quantitative estimate of drug-likeness (QED) is 0.905. The highest BCUT2D eigenvalue weighted by atomic mass is 35.5. The lowest BCUT2D eigenvalue weighted by molar-refractivity contribution is 0.411. The molecule has 2 aromatic carbocycles. The molecule has 0 aromatic heterocycles. The van der Waals surface area contributed by atoms with Gasteiger partial charge in [0.2, 0.25) is 0 Å². The second kappa shape index (κ2) is 7.42. The molecule has 5 nitrogen and oxygen atoms in total. The molecule has 0 spiro atoms. The van der Waals surface area contributed by atoms with Crippen LogP contribution in [0, 0.1) is 6.92 Å². The van der Waals surface area contributed by atoms with Crippen LogP contribution in [0.5, 0.6) is 5.75 Å². The van der Waals surface area contributed by atoms with Gasteiger partial charge in [-0.2, -0.15) is 0 Å². The molecule has 0 saturated heterocycles. The Bertz CT molecular complexity index is 824. The van der Waals surface area contributed by atoms with Crippen molar-refractivity contribution < 1.29 is 13.2 Å². The molecule has 1 aliphatic rings. The first-order valence-corrected chi connectivity index (χ1v) is 8.94. The average Bonchev–Trinajstić information content (AvgIpc) is 2.77. The molecule has 1 aliphatic heterocycles. The molecule has 0 aliphatic carbocycles. The van der Waals surface area contributed by atoms with Crippen LogP contribution in [-0.4, -0.2) is 28.6 Å². The van der Waals surface area contributed by atoms with Gasteiger partial charge in [0.05, 0.1) is 17.7 Å². The molecule has 0 fully saturated rings. The van der Waals surface area contributed by atoms with Crippen LogP contribution >= 0.6 is 12.4 Å². The number of fused-ring (bicyclic) bond motifs is 1. The van der Waals surface area contributed by atoms with Crippen molar-refractivity contribution >= 4 is 28.1 Å². The largest absolute Gasteiger partial charge is 0.496 e. The number of ether oxygens (including phenoxy) is 1. The highest BCUT2D eigenvalue weighted by Gasteiger charge is 2.28. The topological polar surface area (TPSA) is 58.6 Å². The van der Waals surface area contributed by atoms with Crippen molar-refractivity contribution in [3.63, 3.8) is 0 Å². The summed E-state index contributed by atoms with van der Waals surface area (Å²) in [4.78, 5) is 0.285. The maximum atomic E-state index is 13.1. The van der Waals surface area contributed by atoms with E-state index in [-0.39, 0.29) is 17.3 Å². The van der Waals surface area contributed by atoms with Crippen LogP contribution in [0.4, 0.5) is 5.69 Å². The van der Waals surface area contributed by atoms with Gasteiger partial charge in [0, 0.05) is 19.6 Å². The van der Waals surface area contributed by atoms with E-state index in [0.717, 1.165) is 16.8 Å². The van der Waals surface area contributed by atoms with Gasteiger partial charge in [-0.15, -0.1) is 12.4 Å². The smallest absolute Gasteiger partial charge is 0.264 e. The van der Waals surface area contributed by atoms with Gasteiger partial charge in [-0.1, -0.05) is 18.2 Å². The average molecular weight is 369 g/mol. The standard InChI is InChI=1S/C17H20N2O3S.ClH/c1-13-11-15(7-8-17(13)22-2)23(20,21)19-10-9-18-12-14-5-3-4-6-16(14)19;/h3-8,11,18H,9-10,12H2,1-2H3;1H. The van der Waals surface area contributed by atoms with Crippen molar-refractivity contribution in [3.05, 3.63) is 53.6 Å². The number of hydrogen-bond donors (Lipinski definition) is 1. The Morgan fingerprint density at radius 1 is 1.17 bits per heavy atom. The summed E-state index contributed by atoms with van der Waals surface area (Å²) < 4.78 is 32.9. The fourth-order valence-electron chi connectivity index (χ4n) is 2.82. The molecule has 0 amide bonds. The third-order valence-electron chi connectivity index (χ3n) is 4.02. The zero-order valence-electron chi connectivity index (χ0n) is 13.7.